The first kappa shape index (κ1) is 24.7. The van der Waals surface area contributed by atoms with Crippen LogP contribution in [0.25, 0.3) is 0 Å². The highest BCUT2D eigenvalue weighted by atomic mass is 32.2. The zero-order chi connectivity index (χ0) is 21.0. The molecule has 0 aromatic carbocycles. The molecule has 8 N–H and O–H groups in total. The Balaban J connectivity index is 5.06. The largest absolute Gasteiger partial charge is 0.480 e. The van der Waals surface area contributed by atoms with Gasteiger partial charge in [0.15, 0.2) is 0 Å². The van der Waals surface area contributed by atoms with Gasteiger partial charge in [-0.3, -0.25) is 19.2 Å². The van der Waals surface area contributed by atoms with Gasteiger partial charge in [-0.25, -0.2) is 4.79 Å². The van der Waals surface area contributed by atoms with Crippen LogP contribution in [0.5, 0.6) is 0 Å². The van der Waals surface area contributed by atoms with Gasteiger partial charge in [0.25, 0.3) is 0 Å². The molecule has 0 aliphatic carbocycles. The number of thioether (sulfide) groups is 1. The maximum Gasteiger partial charge on any atom is 0.326 e. The molecule has 0 heterocycles. The number of carbonyl (C=O) groups is 5. The van der Waals surface area contributed by atoms with Gasteiger partial charge >= 0.3 is 5.97 Å². The molecule has 0 fully saturated rings. The second kappa shape index (κ2) is 12.9. The number of carboxylic acid groups (broad SMARTS) is 1. The van der Waals surface area contributed by atoms with Gasteiger partial charge in [-0.05, 0) is 31.8 Å². The van der Waals surface area contributed by atoms with Crippen molar-refractivity contribution in [3.63, 3.8) is 0 Å². The molecule has 0 bridgehead atoms. The fourth-order valence-electron chi connectivity index (χ4n) is 1.98. The van der Waals surface area contributed by atoms with Crippen molar-refractivity contribution in [2.45, 2.75) is 44.3 Å². The monoisotopic (exact) mass is 405 g/mol. The van der Waals surface area contributed by atoms with Gasteiger partial charge < -0.3 is 32.5 Å². The predicted molar refractivity (Wildman–Crippen MR) is 99.6 cm³/mol. The van der Waals surface area contributed by atoms with Gasteiger partial charge in [0, 0.05) is 6.42 Å². The number of aliphatic carboxylic acids is 1. The van der Waals surface area contributed by atoms with Crippen LogP contribution in [0, 0.1) is 0 Å². The van der Waals surface area contributed by atoms with Crippen molar-refractivity contribution in [2.24, 2.45) is 11.5 Å². The van der Waals surface area contributed by atoms with Crippen LogP contribution in [0.3, 0.4) is 0 Å². The van der Waals surface area contributed by atoms with E-state index < -0.39 is 47.7 Å². The number of hydrogen-bond acceptors (Lipinski definition) is 7. The second-order valence-electron chi connectivity index (χ2n) is 5.74. The Hall–Kier alpha value is -2.34. The van der Waals surface area contributed by atoms with Crippen LogP contribution in [0.1, 0.15) is 26.2 Å². The lowest BCUT2D eigenvalue weighted by Gasteiger charge is -2.23. The third kappa shape index (κ3) is 10.4. The van der Waals surface area contributed by atoms with E-state index in [0.29, 0.717) is 5.75 Å². The molecule has 27 heavy (non-hydrogen) atoms. The molecule has 0 saturated heterocycles. The third-order valence-electron chi connectivity index (χ3n) is 3.49. The standard InChI is InChI=1S/C15H27N5O6S/c1-8(18-12(22)7-16)13(23)19-9(3-4-11(17)21)14(24)20-10(15(25)26)5-6-27-2/h8-10H,3-7,16H2,1-2H3,(H2,17,21)(H,18,22)(H,19,23)(H,20,24)(H,25,26). The Labute approximate surface area is 161 Å². The maximum atomic E-state index is 12.4. The minimum absolute atomic E-state index is 0.112. The van der Waals surface area contributed by atoms with E-state index in [1.165, 1.54) is 18.7 Å². The smallest absolute Gasteiger partial charge is 0.326 e. The number of primary amides is 1. The molecule has 0 saturated carbocycles. The lowest BCUT2D eigenvalue weighted by Crippen LogP contribution is -2.55. The van der Waals surface area contributed by atoms with Crippen molar-refractivity contribution in [1.82, 2.24) is 16.0 Å². The minimum Gasteiger partial charge on any atom is -0.480 e. The highest BCUT2D eigenvalue weighted by molar-refractivity contribution is 7.98. The fourth-order valence-corrected chi connectivity index (χ4v) is 2.45. The first-order chi connectivity index (χ1) is 12.6. The summed E-state index contributed by atoms with van der Waals surface area (Å²) < 4.78 is 0. The van der Waals surface area contributed by atoms with Crippen LogP contribution in [-0.4, -0.2) is 71.4 Å². The van der Waals surface area contributed by atoms with Crippen LogP contribution in [0.2, 0.25) is 0 Å². The van der Waals surface area contributed by atoms with E-state index in [4.69, 9.17) is 11.5 Å². The van der Waals surface area contributed by atoms with Crippen molar-refractivity contribution < 1.29 is 29.1 Å². The highest BCUT2D eigenvalue weighted by Gasteiger charge is 2.28. The van der Waals surface area contributed by atoms with E-state index in [1.807, 2.05) is 0 Å². The molecule has 0 aromatic heterocycles. The van der Waals surface area contributed by atoms with Crippen LogP contribution < -0.4 is 27.4 Å². The van der Waals surface area contributed by atoms with Gasteiger partial charge in [0.2, 0.25) is 23.6 Å². The van der Waals surface area contributed by atoms with Crippen LogP contribution in [0.4, 0.5) is 0 Å². The van der Waals surface area contributed by atoms with Gasteiger partial charge in [-0.1, -0.05) is 0 Å². The van der Waals surface area contributed by atoms with Crippen LogP contribution in [-0.2, 0) is 24.0 Å². The van der Waals surface area contributed by atoms with Crippen molar-refractivity contribution in [2.75, 3.05) is 18.6 Å². The number of hydrogen-bond donors (Lipinski definition) is 6. The summed E-state index contributed by atoms with van der Waals surface area (Å²) in [5.74, 6) is -3.37. The molecule has 3 unspecified atom stereocenters. The molecule has 0 spiro atoms. The summed E-state index contributed by atoms with van der Waals surface area (Å²) in [6, 6.07) is -3.29. The molecule has 0 radical (unpaired) electrons. The number of carboxylic acids is 1. The van der Waals surface area contributed by atoms with E-state index in [1.54, 1.807) is 6.26 Å². The summed E-state index contributed by atoms with van der Waals surface area (Å²) in [6.45, 7) is 1.09. The lowest BCUT2D eigenvalue weighted by molar-refractivity contribution is -0.142. The van der Waals surface area contributed by atoms with Gasteiger partial charge in [0.1, 0.15) is 18.1 Å². The maximum absolute atomic E-state index is 12.4. The summed E-state index contributed by atoms with van der Waals surface area (Å²) >= 11 is 1.42. The zero-order valence-corrected chi connectivity index (χ0v) is 16.1. The molecule has 3 atom stereocenters. The quantitative estimate of drug-likeness (QED) is 0.194. The molecule has 11 nitrogen and oxygen atoms in total. The number of nitrogens with two attached hydrogens (primary N) is 2. The average Bonchev–Trinajstić information content (AvgIpc) is 2.60. The van der Waals surface area contributed by atoms with Gasteiger partial charge in [0.05, 0.1) is 6.54 Å². The molecule has 0 aliphatic rings. The topological polar surface area (TPSA) is 194 Å². The van der Waals surface area contributed by atoms with Gasteiger partial charge in [-0.15, -0.1) is 0 Å². The average molecular weight is 405 g/mol. The van der Waals surface area contributed by atoms with Crippen molar-refractivity contribution in [3.8, 4) is 0 Å². The third-order valence-corrected chi connectivity index (χ3v) is 4.14. The SMILES string of the molecule is CSCCC(NC(=O)C(CCC(N)=O)NC(=O)C(C)NC(=O)CN)C(=O)O. The minimum atomic E-state index is -1.21. The number of nitrogens with one attached hydrogen (secondary N) is 3. The Bertz CT molecular complexity index is 559. The van der Waals surface area contributed by atoms with E-state index in [0.717, 1.165) is 0 Å². The van der Waals surface area contributed by atoms with Crippen molar-refractivity contribution >= 4 is 41.4 Å². The zero-order valence-electron chi connectivity index (χ0n) is 15.3. The van der Waals surface area contributed by atoms with E-state index in [9.17, 15) is 29.1 Å². The fraction of sp³-hybridized carbons (Fsp3) is 0.667. The summed E-state index contributed by atoms with van der Waals surface area (Å²) in [5, 5.41) is 16.3. The highest BCUT2D eigenvalue weighted by Crippen LogP contribution is 2.04. The normalized spacial score (nSPS) is 13.7. The Morgan fingerprint density at radius 2 is 1.59 bits per heavy atom. The molecule has 0 rings (SSSR count). The Morgan fingerprint density at radius 3 is 2.07 bits per heavy atom. The molecule has 0 aliphatic heterocycles. The van der Waals surface area contributed by atoms with E-state index >= 15 is 0 Å². The van der Waals surface area contributed by atoms with Gasteiger partial charge in [-0.2, -0.15) is 11.8 Å². The lowest BCUT2D eigenvalue weighted by atomic mass is 10.1. The van der Waals surface area contributed by atoms with Crippen molar-refractivity contribution in [1.29, 1.82) is 0 Å². The first-order valence-corrected chi connectivity index (χ1v) is 9.61. The number of amides is 4. The second-order valence-corrected chi connectivity index (χ2v) is 6.73. The molecule has 154 valence electrons. The summed E-state index contributed by atoms with van der Waals surface area (Å²) in [4.78, 5) is 58.1. The predicted octanol–water partition coefficient (Wildman–Crippen LogP) is -2.48. The Kier molecular flexibility index (Phi) is 11.8. The summed E-state index contributed by atoms with van der Waals surface area (Å²) in [5.41, 5.74) is 10.2. The molecular formula is C15H27N5O6S. The number of rotatable bonds is 13. The van der Waals surface area contributed by atoms with E-state index in [2.05, 4.69) is 16.0 Å². The Morgan fingerprint density at radius 1 is 1.00 bits per heavy atom. The molecule has 4 amide bonds. The summed E-state index contributed by atoms with van der Waals surface area (Å²) in [6.07, 6.45) is 1.69. The molecule has 0 aromatic rings. The van der Waals surface area contributed by atoms with Crippen LogP contribution >= 0.6 is 11.8 Å². The molecular weight excluding hydrogens is 378 g/mol. The van der Waals surface area contributed by atoms with E-state index in [-0.39, 0.29) is 25.8 Å². The van der Waals surface area contributed by atoms with Crippen molar-refractivity contribution in [3.05, 3.63) is 0 Å². The summed E-state index contributed by atoms with van der Waals surface area (Å²) in [7, 11) is 0. The number of carbonyl (C=O) groups excluding carboxylic acids is 4. The first-order valence-electron chi connectivity index (χ1n) is 8.22. The molecule has 12 heteroatoms. The van der Waals surface area contributed by atoms with Crippen LogP contribution in [0.15, 0.2) is 0 Å².